The second kappa shape index (κ2) is 7.94. The zero-order valence-corrected chi connectivity index (χ0v) is 13.8. The first kappa shape index (κ1) is 17.2. The lowest BCUT2D eigenvalue weighted by Gasteiger charge is -2.14. The standard InChI is InChI=1S/C17H18ClFN2O2/c1-21(10-12-3-6-14(23-2)7-4-12)11-17(22)20-16-9-13(18)5-8-15(16)19/h3-9H,10-11H2,1-2H3,(H,20,22)/p+1. The van der Waals surface area contributed by atoms with Gasteiger partial charge in [0.15, 0.2) is 6.54 Å². The molecule has 0 aliphatic heterocycles. The number of rotatable bonds is 6. The second-order valence-corrected chi connectivity index (χ2v) is 5.77. The molecule has 0 aliphatic rings. The van der Waals surface area contributed by atoms with E-state index in [0.29, 0.717) is 11.6 Å². The minimum absolute atomic E-state index is 0.0970. The number of hydrogen-bond donors (Lipinski definition) is 2. The van der Waals surface area contributed by atoms with Crippen molar-refractivity contribution in [3.63, 3.8) is 0 Å². The van der Waals surface area contributed by atoms with E-state index in [1.54, 1.807) is 7.11 Å². The van der Waals surface area contributed by atoms with Gasteiger partial charge in [-0.05, 0) is 42.5 Å². The molecule has 2 aromatic carbocycles. The minimum Gasteiger partial charge on any atom is -0.497 e. The Kier molecular flexibility index (Phi) is 5.96. The molecular weight excluding hydrogens is 319 g/mol. The summed E-state index contributed by atoms with van der Waals surface area (Å²) in [5.41, 5.74) is 1.18. The summed E-state index contributed by atoms with van der Waals surface area (Å²) in [6.45, 7) is 0.896. The number of carbonyl (C=O) groups excluding carboxylic acids is 1. The Labute approximate surface area is 139 Å². The predicted molar refractivity (Wildman–Crippen MR) is 88.5 cm³/mol. The molecule has 6 heteroatoms. The highest BCUT2D eigenvalue weighted by atomic mass is 35.5. The number of benzene rings is 2. The molecule has 4 nitrogen and oxygen atoms in total. The quantitative estimate of drug-likeness (QED) is 0.848. The molecule has 0 fully saturated rings. The van der Waals surface area contributed by atoms with Gasteiger partial charge in [-0.2, -0.15) is 0 Å². The van der Waals surface area contributed by atoms with Crippen LogP contribution in [0.2, 0.25) is 5.02 Å². The van der Waals surface area contributed by atoms with Crippen molar-refractivity contribution in [3.8, 4) is 5.75 Å². The number of methoxy groups -OCH3 is 1. The number of amides is 1. The predicted octanol–water partition coefficient (Wildman–Crippen LogP) is 2.14. The van der Waals surface area contributed by atoms with Gasteiger partial charge in [0.2, 0.25) is 0 Å². The van der Waals surface area contributed by atoms with E-state index in [9.17, 15) is 9.18 Å². The van der Waals surface area contributed by atoms with E-state index in [1.165, 1.54) is 18.2 Å². The summed E-state index contributed by atoms with van der Waals surface area (Å²) in [5.74, 6) is 0.0216. The molecule has 0 spiro atoms. The zero-order valence-electron chi connectivity index (χ0n) is 13.0. The molecule has 2 aromatic rings. The van der Waals surface area contributed by atoms with E-state index in [4.69, 9.17) is 16.3 Å². The van der Waals surface area contributed by atoms with Crippen LogP contribution in [0.5, 0.6) is 5.75 Å². The van der Waals surface area contributed by atoms with Gasteiger partial charge in [0, 0.05) is 10.6 Å². The lowest BCUT2D eigenvalue weighted by Crippen LogP contribution is -3.08. The van der Waals surface area contributed by atoms with Gasteiger partial charge in [0.1, 0.15) is 18.1 Å². The number of anilines is 1. The number of quaternary nitrogens is 1. The number of hydrogen-bond acceptors (Lipinski definition) is 2. The third-order valence-electron chi connectivity index (χ3n) is 3.33. The van der Waals surface area contributed by atoms with Gasteiger partial charge in [-0.25, -0.2) is 4.39 Å². The molecule has 0 saturated carbocycles. The largest absolute Gasteiger partial charge is 0.497 e. The molecule has 1 amide bonds. The van der Waals surface area contributed by atoms with Gasteiger partial charge in [-0.3, -0.25) is 4.79 Å². The number of halogens is 2. The molecule has 0 heterocycles. The van der Waals surface area contributed by atoms with Gasteiger partial charge < -0.3 is 15.0 Å². The van der Waals surface area contributed by atoms with Crippen molar-refractivity contribution in [2.24, 2.45) is 0 Å². The fourth-order valence-corrected chi connectivity index (χ4v) is 2.39. The number of nitrogens with one attached hydrogen (secondary N) is 2. The van der Waals surface area contributed by atoms with Crippen LogP contribution in [0.3, 0.4) is 0 Å². The topological polar surface area (TPSA) is 42.8 Å². The van der Waals surface area contributed by atoms with Crippen LogP contribution in [0.4, 0.5) is 10.1 Å². The van der Waals surface area contributed by atoms with Crippen LogP contribution in [0.1, 0.15) is 5.56 Å². The summed E-state index contributed by atoms with van der Waals surface area (Å²) in [6.07, 6.45) is 0. The first-order valence-electron chi connectivity index (χ1n) is 7.17. The van der Waals surface area contributed by atoms with Crippen LogP contribution >= 0.6 is 11.6 Å². The second-order valence-electron chi connectivity index (χ2n) is 5.33. The summed E-state index contributed by atoms with van der Waals surface area (Å²) in [5, 5.41) is 2.92. The van der Waals surface area contributed by atoms with Crippen LogP contribution in [0.25, 0.3) is 0 Å². The Morgan fingerprint density at radius 1 is 1.26 bits per heavy atom. The van der Waals surface area contributed by atoms with Gasteiger partial charge in [0.25, 0.3) is 5.91 Å². The van der Waals surface area contributed by atoms with Crippen LogP contribution in [0, 0.1) is 5.82 Å². The molecule has 0 saturated heterocycles. The van der Waals surface area contributed by atoms with E-state index in [0.717, 1.165) is 16.2 Å². The van der Waals surface area contributed by atoms with Crippen molar-refractivity contribution >= 4 is 23.2 Å². The Bertz CT molecular complexity index is 677. The summed E-state index contributed by atoms with van der Waals surface area (Å²) >= 11 is 5.80. The third kappa shape index (κ3) is 5.23. The van der Waals surface area contributed by atoms with Crippen LogP contribution in [0.15, 0.2) is 42.5 Å². The van der Waals surface area contributed by atoms with Gasteiger partial charge in [0.05, 0.1) is 19.8 Å². The molecule has 1 atom stereocenters. The maximum atomic E-state index is 13.6. The average molecular weight is 338 g/mol. The average Bonchev–Trinajstić information content (AvgIpc) is 2.51. The minimum atomic E-state index is -0.504. The van der Waals surface area contributed by atoms with E-state index >= 15 is 0 Å². The van der Waals surface area contributed by atoms with Crippen molar-refractivity contribution in [2.45, 2.75) is 6.54 Å². The van der Waals surface area contributed by atoms with Gasteiger partial charge >= 0.3 is 0 Å². The summed E-state index contributed by atoms with van der Waals surface area (Å²) in [7, 11) is 3.52. The van der Waals surface area contributed by atoms with Gasteiger partial charge in [-0.1, -0.05) is 11.6 Å². The fraction of sp³-hybridized carbons (Fsp3) is 0.235. The molecule has 2 N–H and O–H groups in total. The highest BCUT2D eigenvalue weighted by molar-refractivity contribution is 6.30. The van der Waals surface area contributed by atoms with Crippen LogP contribution < -0.4 is 15.0 Å². The van der Waals surface area contributed by atoms with Crippen molar-refractivity contribution in [2.75, 3.05) is 26.0 Å². The van der Waals surface area contributed by atoms with E-state index in [1.807, 2.05) is 31.3 Å². The SMILES string of the molecule is COc1ccc(C[NH+](C)CC(=O)Nc2cc(Cl)ccc2F)cc1. The monoisotopic (exact) mass is 337 g/mol. The van der Waals surface area contributed by atoms with E-state index in [-0.39, 0.29) is 18.1 Å². The van der Waals surface area contributed by atoms with Crippen molar-refractivity contribution < 1.29 is 18.8 Å². The highest BCUT2D eigenvalue weighted by Crippen LogP contribution is 2.19. The molecule has 23 heavy (non-hydrogen) atoms. The number of ether oxygens (including phenoxy) is 1. The Morgan fingerprint density at radius 2 is 1.96 bits per heavy atom. The molecule has 1 unspecified atom stereocenters. The highest BCUT2D eigenvalue weighted by Gasteiger charge is 2.13. The Hall–Kier alpha value is -2.11. The number of carbonyl (C=O) groups is 1. The summed E-state index contributed by atoms with van der Waals surface area (Å²) in [6, 6.07) is 11.7. The molecule has 0 radical (unpaired) electrons. The van der Waals surface area contributed by atoms with Crippen molar-refractivity contribution in [3.05, 3.63) is 58.9 Å². The molecule has 0 aromatic heterocycles. The summed E-state index contributed by atoms with van der Waals surface area (Å²) in [4.78, 5) is 13.0. The maximum Gasteiger partial charge on any atom is 0.279 e. The zero-order chi connectivity index (χ0) is 16.8. The lowest BCUT2D eigenvalue weighted by atomic mass is 10.2. The van der Waals surface area contributed by atoms with Crippen molar-refractivity contribution in [1.29, 1.82) is 0 Å². The lowest BCUT2D eigenvalue weighted by molar-refractivity contribution is -0.885. The summed E-state index contributed by atoms with van der Waals surface area (Å²) < 4.78 is 18.7. The smallest absolute Gasteiger partial charge is 0.279 e. The van der Waals surface area contributed by atoms with Crippen LogP contribution in [-0.2, 0) is 11.3 Å². The molecule has 0 aliphatic carbocycles. The molecule has 0 bridgehead atoms. The van der Waals surface area contributed by atoms with E-state index in [2.05, 4.69) is 5.32 Å². The number of likely N-dealkylation sites (N-methyl/N-ethyl adjacent to an activating group) is 1. The first-order chi connectivity index (χ1) is 11.0. The molecular formula is C17H19ClFN2O2+. The molecule has 122 valence electrons. The van der Waals surface area contributed by atoms with E-state index < -0.39 is 5.82 Å². The van der Waals surface area contributed by atoms with Crippen LogP contribution in [-0.4, -0.2) is 26.6 Å². The Morgan fingerprint density at radius 3 is 2.61 bits per heavy atom. The fourth-order valence-electron chi connectivity index (χ4n) is 2.22. The maximum absolute atomic E-state index is 13.6. The Balaban J connectivity index is 1.90. The molecule has 2 rings (SSSR count). The third-order valence-corrected chi connectivity index (χ3v) is 3.56. The van der Waals surface area contributed by atoms with Crippen molar-refractivity contribution in [1.82, 2.24) is 0 Å². The van der Waals surface area contributed by atoms with Gasteiger partial charge in [-0.15, -0.1) is 0 Å². The normalized spacial score (nSPS) is 11.8. The first-order valence-corrected chi connectivity index (χ1v) is 7.55.